The summed E-state index contributed by atoms with van der Waals surface area (Å²) in [5, 5.41) is 5.79. The van der Waals surface area contributed by atoms with Gasteiger partial charge in [0.05, 0.1) is 6.04 Å². The second-order valence-corrected chi connectivity index (χ2v) is 4.40. The predicted molar refractivity (Wildman–Crippen MR) is 69.9 cm³/mol. The van der Waals surface area contributed by atoms with Crippen LogP contribution in [0.4, 0.5) is 0 Å². The first kappa shape index (κ1) is 16.1. The maximum Gasteiger partial charge on any atom is 0.220 e. The van der Waals surface area contributed by atoms with E-state index in [1.165, 1.54) is 19.3 Å². The SMILES string of the molecule is CCCCCCNC(=O)CC[C@H](NC)C(C)=O. The average molecular weight is 242 g/mol. The van der Waals surface area contributed by atoms with Gasteiger partial charge in [-0.3, -0.25) is 9.59 Å². The number of rotatable bonds is 10. The average Bonchev–Trinajstić information content (AvgIpc) is 2.29. The van der Waals surface area contributed by atoms with Crippen molar-refractivity contribution in [3.05, 3.63) is 0 Å². The second kappa shape index (κ2) is 10.3. The topological polar surface area (TPSA) is 58.2 Å². The van der Waals surface area contributed by atoms with E-state index in [0.29, 0.717) is 12.8 Å². The monoisotopic (exact) mass is 242 g/mol. The fourth-order valence-electron chi connectivity index (χ4n) is 1.69. The number of carbonyl (C=O) groups excluding carboxylic acids is 2. The number of amides is 1. The highest BCUT2D eigenvalue weighted by Crippen LogP contribution is 2.00. The summed E-state index contributed by atoms with van der Waals surface area (Å²) in [6.07, 6.45) is 5.63. The second-order valence-electron chi connectivity index (χ2n) is 4.40. The molecule has 0 fully saturated rings. The lowest BCUT2D eigenvalue weighted by atomic mass is 10.1. The maximum absolute atomic E-state index is 11.5. The van der Waals surface area contributed by atoms with Crippen molar-refractivity contribution in [3.8, 4) is 0 Å². The van der Waals surface area contributed by atoms with Crippen LogP contribution in [0.3, 0.4) is 0 Å². The molecule has 0 radical (unpaired) electrons. The molecule has 0 saturated carbocycles. The van der Waals surface area contributed by atoms with Crippen LogP contribution in [-0.2, 0) is 9.59 Å². The van der Waals surface area contributed by atoms with E-state index in [1.54, 1.807) is 14.0 Å². The van der Waals surface area contributed by atoms with E-state index in [2.05, 4.69) is 17.6 Å². The highest BCUT2D eigenvalue weighted by Gasteiger charge is 2.12. The minimum absolute atomic E-state index is 0.0444. The number of unbranched alkanes of at least 4 members (excludes halogenated alkanes) is 3. The number of nitrogens with one attached hydrogen (secondary N) is 2. The smallest absolute Gasteiger partial charge is 0.220 e. The van der Waals surface area contributed by atoms with Gasteiger partial charge in [-0.25, -0.2) is 0 Å². The minimum Gasteiger partial charge on any atom is -0.356 e. The van der Waals surface area contributed by atoms with Gasteiger partial charge in [-0.2, -0.15) is 0 Å². The van der Waals surface area contributed by atoms with Gasteiger partial charge in [0.25, 0.3) is 0 Å². The van der Waals surface area contributed by atoms with Gasteiger partial charge < -0.3 is 10.6 Å². The highest BCUT2D eigenvalue weighted by atomic mass is 16.1. The summed E-state index contributed by atoms with van der Waals surface area (Å²) in [5.74, 6) is 0.131. The Balaban J connectivity index is 3.55. The van der Waals surface area contributed by atoms with Crippen LogP contribution in [0.15, 0.2) is 0 Å². The van der Waals surface area contributed by atoms with Gasteiger partial charge in [0.2, 0.25) is 5.91 Å². The first-order valence-electron chi connectivity index (χ1n) is 6.56. The third kappa shape index (κ3) is 8.86. The molecule has 0 aromatic carbocycles. The molecule has 0 aliphatic carbocycles. The molecule has 1 atom stereocenters. The van der Waals surface area contributed by atoms with Crippen LogP contribution in [0.5, 0.6) is 0 Å². The molecule has 4 nitrogen and oxygen atoms in total. The zero-order valence-electron chi connectivity index (χ0n) is 11.3. The van der Waals surface area contributed by atoms with Gasteiger partial charge in [0.15, 0.2) is 0 Å². The van der Waals surface area contributed by atoms with E-state index in [0.717, 1.165) is 13.0 Å². The lowest BCUT2D eigenvalue weighted by molar-refractivity contribution is -0.122. The third-order valence-electron chi connectivity index (χ3n) is 2.85. The van der Waals surface area contributed by atoms with Crippen molar-refractivity contribution in [1.82, 2.24) is 10.6 Å². The van der Waals surface area contributed by atoms with E-state index in [4.69, 9.17) is 0 Å². The van der Waals surface area contributed by atoms with E-state index in [-0.39, 0.29) is 17.7 Å². The van der Waals surface area contributed by atoms with Crippen LogP contribution in [0.25, 0.3) is 0 Å². The predicted octanol–water partition coefficient (Wildman–Crippen LogP) is 1.64. The highest BCUT2D eigenvalue weighted by molar-refractivity contribution is 5.82. The fourth-order valence-corrected chi connectivity index (χ4v) is 1.69. The lowest BCUT2D eigenvalue weighted by Gasteiger charge is -2.12. The molecule has 0 heterocycles. The van der Waals surface area contributed by atoms with Crippen molar-refractivity contribution < 1.29 is 9.59 Å². The molecule has 0 aliphatic heterocycles. The van der Waals surface area contributed by atoms with Crippen molar-refractivity contribution in [2.45, 2.75) is 58.4 Å². The molecule has 0 rings (SSSR count). The molecular weight excluding hydrogens is 216 g/mol. The molecule has 17 heavy (non-hydrogen) atoms. The van der Waals surface area contributed by atoms with Gasteiger partial charge in [0, 0.05) is 13.0 Å². The normalized spacial score (nSPS) is 12.2. The molecule has 0 saturated heterocycles. The zero-order chi connectivity index (χ0) is 13.1. The van der Waals surface area contributed by atoms with Crippen LogP contribution in [-0.4, -0.2) is 31.3 Å². The van der Waals surface area contributed by atoms with Crippen LogP contribution in [0.1, 0.15) is 52.4 Å². The summed E-state index contributed by atoms with van der Waals surface area (Å²) in [7, 11) is 1.74. The van der Waals surface area contributed by atoms with Crippen molar-refractivity contribution in [1.29, 1.82) is 0 Å². The Morgan fingerprint density at radius 2 is 1.88 bits per heavy atom. The first-order valence-corrected chi connectivity index (χ1v) is 6.56. The van der Waals surface area contributed by atoms with Gasteiger partial charge >= 0.3 is 0 Å². The standard InChI is InChI=1S/C13H26N2O2/c1-4-5-6-7-10-15-13(17)9-8-12(14-3)11(2)16/h12,14H,4-10H2,1-3H3,(H,15,17)/t12-/m0/s1. The lowest BCUT2D eigenvalue weighted by Crippen LogP contribution is -2.34. The minimum atomic E-state index is -0.194. The Morgan fingerprint density at radius 3 is 2.41 bits per heavy atom. The van der Waals surface area contributed by atoms with E-state index in [9.17, 15) is 9.59 Å². The molecule has 100 valence electrons. The van der Waals surface area contributed by atoms with Gasteiger partial charge in [-0.1, -0.05) is 26.2 Å². The maximum atomic E-state index is 11.5. The number of likely N-dealkylation sites (N-methyl/N-ethyl adjacent to an activating group) is 1. The summed E-state index contributed by atoms with van der Waals surface area (Å²) in [5.41, 5.74) is 0. The Hall–Kier alpha value is -0.900. The summed E-state index contributed by atoms with van der Waals surface area (Å²) in [6.45, 7) is 4.46. The van der Waals surface area contributed by atoms with E-state index in [1.807, 2.05) is 0 Å². The van der Waals surface area contributed by atoms with Crippen molar-refractivity contribution in [2.75, 3.05) is 13.6 Å². The first-order chi connectivity index (χ1) is 8.11. The van der Waals surface area contributed by atoms with Gasteiger partial charge in [0.1, 0.15) is 5.78 Å². The van der Waals surface area contributed by atoms with Crippen LogP contribution >= 0.6 is 0 Å². The van der Waals surface area contributed by atoms with E-state index < -0.39 is 0 Å². The number of Topliss-reactive ketones (excluding diaryl/α,β-unsaturated/α-hetero) is 1. The zero-order valence-corrected chi connectivity index (χ0v) is 11.3. The molecule has 0 aromatic heterocycles. The number of ketones is 1. The van der Waals surface area contributed by atoms with Crippen LogP contribution in [0.2, 0.25) is 0 Å². The van der Waals surface area contributed by atoms with Crippen molar-refractivity contribution in [3.63, 3.8) is 0 Å². The molecule has 0 spiro atoms. The largest absolute Gasteiger partial charge is 0.356 e. The molecule has 0 aliphatic rings. The third-order valence-corrected chi connectivity index (χ3v) is 2.85. The number of hydrogen-bond donors (Lipinski definition) is 2. The molecule has 1 amide bonds. The summed E-state index contributed by atoms with van der Waals surface area (Å²) >= 11 is 0. The Bertz CT molecular complexity index is 229. The Kier molecular flexibility index (Phi) is 9.72. The van der Waals surface area contributed by atoms with Crippen LogP contribution in [0, 0.1) is 0 Å². The molecule has 4 heteroatoms. The Labute approximate surface area is 105 Å². The molecule has 0 unspecified atom stereocenters. The quantitative estimate of drug-likeness (QED) is 0.573. The molecular formula is C13H26N2O2. The number of hydrogen-bond acceptors (Lipinski definition) is 3. The molecule has 0 aromatic rings. The van der Waals surface area contributed by atoms with Crippen molar-refractivity contribution >= 4 is 11.7 Å². The van der Waals surface area contributed by atoms with Crippen LogP contribution < -0.4 is 10.6 Å². The summed E-state index contributed by atoms with van der Waals surface area (Å²) in [4.78, 5) is 22.6. The molecule has 0 bridgehead atoms. The van der Waals surface area contributed by atoms with Gasteiger partial charge in [-0.15, -0.1) is 0 Å². The van der Waals surface area contributed by atoms with E-state index >= 15 is 0 Å². The summed E-state index contributed by atoms with van der Waals surface area (Å²) < 4.78 is 0. The number of carbonyl (C=O) groups is 2. The summed E-state index contributed by atoms with van der Waals surface area (Å²) in [6, 6.07) is -0.194. The Morgan fingerprint density at radius 1 is 1.18 bits per heavy atom. The van der Waals surface area contributed by atoms with Gasteiger partial charge in [-0.05, 0) is 26.8 Å². The fraction of sp³-hybridized carbons (Fsp3) is 0.846. The van der Waals surface area contributed by atoms with Crippen molar-refractivity contribution in [2.24, 2.45) is 0 Å². The molecule has 2 N–H and O–H groups in total.